The molecule has 2 nitrogen and oxygen atoms in total. The molecule has 2 rings (SSSR count). The number of Topliss-reactive ketones (excluding diaryl/α,β-unsaturated/α-hetero) is 1. The predicted octanol–water partition coefficient (Wildman–Crippen LogP) is 4.69. The Morgan fingerprint density at radius 1 is 1.10 bits per heavy atom. The minimum atomic E-state index is 0.0145. The summed E-state index contributed by atoms with van der Waals surface area (Å²) in [5.74, 6) is 1.22. The SMILES string of the molecule is Cc1cc(OCC(=O)c2ccccc2C)cc(C(C)C)c1. The summed E-state index contributed by atoms with van der Waals surface area (Å²) in [6.07, 6.45) is 0. The molecule has 0 saturated heterocycles. The van der Waals surface area contributed by atoms with Crippen LogP contribution in [0.15, 0.2) is 42.5 Å². The number of hydrogen-bond acceptors (Lipinski definition) is 2. The average Bonchev–Trinajstić information content (AvgIpc) is 2.44. The lowest BCUT2D eigenvalue weighted by Crippen LogP contribution is -2.13. The number of rotatable bonds is 5. The molecule has 2 aromatic carbocycles. The van der Waals surface area contributed by atoms with Gasteiger partial charge in [-0.1, -0.05) is 44.2 Å². The van der Waals surface area contributed by atoms with E-state index in [2.05, 4.69) is 19.9 Å². The number of carbonyl (C=O) groups excluding carboxylic acids is 1. The highest BCUT2D eigenvalue weighted by Gasteiger charge is 2.10. The van der Waals surface area contributed by atoms with Crippen LogP contribution in [0.3, 0.4) is 0 Å². The van der Waals surface area contributed by atoms with Gasteiger partial charge in [0.1, 0.15) is 5.75 Å². The predicted molar refractivity (Wildman–Crippen MR) is 86.3 cm³/mol. The normalized spacial score (nSPS) is 10.7. The molecular weight excluding hydrogens is 260 g/mol. The molecule has 0 bridgehead atoms. The molecule has 2 heteroatoms. The Hall–Kier alpha value is -2.09. The van der Waals surface area contributed by atoms with Gasteiger partial charge in [-0.3, -0.25) is 4.79 Å². The van der Waals surface area contributed by atoms with Gasteiger partial charge in [-0.25, -0.2) is 0 Å². The molecule has 0 heterocycles. The second-order valence-corrected chi connectivity index (χ2v) is 5.76. The lowest BCUT2D eigenvalue weighted by Gasteiger charge is -2.12. The Morgan fingerprint density at radius 3 is 2.48 bits per heavy atom. The molecule has 0 aliphatic heterocycles. The molecule has 0 saturated carbocycles. The first-order valence-electron chi connectivity index (χ1n) is 7.30. The molecule has 0 aliphatic rings. The molecule has 0 atom stereocenters. The van der Waals surface area contributed by atoms with E-state index < -0.39 is 0 Å². The van der Waals surface area contributed by atoms with E-state index in [1.165, 1.54) is 5.56 Å². The first-order chi connectivity index (χ1) is 9.97. The summed E-state index contributed by atoms with van der Waals surface area (Å²) in [6, 6.07) is 13.7. The maximum Gasteiger partial charge on any atom is 0.200 e. The van der Waals surface area contributed by atoms with Crippen molar-refractivity contribution in [2.75, 3.05) is 6.61 Å². The van der Waals surface area contributed by atoms with Gasteiger partial charge in [0, 0.05) is 5.56 Å². The van der Waals surface area contributed by atoms with E-state index in [1.807, 2.05) is 50.2 Å². The van der Waals surface area contributed by atoms with Gasteiger partial charge in [0.25, 0.3) is 0 Å². The summed E-state index contributed by atoms with van der Waals surface area (Å²) >= 11 is 0. The summed E-state index contributed by atoms with van der Waals surface area (Å²) in [5.41, 5.74) is 4.10. The summed E-state index contributed by atoms with van der Waals surface area (Å²) in [4.78, 5) is 12.2. The van der Waals surface area contributed by atoms with Crippen molar-refractivity contribution in [1.29, 1.82) is 0 Å². The van der Waals surface area contributed by atoms with E-state index in [-0.39, 0.29) is 12.4 Å². The molecule has 0 N–H and O–H groups in total. The third kappa shape index (κ3) is 3.94. The second kappa shape index (κ2) is 6.57. The molecule has 0 aliphatic carbocycles. The van der Waals surface area contributed by atoms with Crippen molar-refractivity contribution < 1.29 is 9.53 Å². The van der Waals surface area contributed by atoms with Crippen LogP contribution in [0.25, 0.3) is 0 Å². The number of carbonyl (C=O) groups is 1. The summed E-state index contributed by atoms with van der Waals surface area (Å²) in [7, 11) is 0. The van der Waals surface area contributed by atoms with Crippen molar-refractivity contribution in [3.63, 3.8) is 0 Å². The zero-order valence-corrected chi connectivity index (χ0v) is 13.1. The standard InChI is InChI=1S/C19H22O2/c1-13(2)16-9-14(3)10-17(11-16)21-12-19(20)18-8-6-5-7-15(18)4/h5-11,13H,12H2,1-4H3. The second-order valence-electron chi connectivity index (χ2n) is 5.76. The van der Waals surface area contributed by atoms with Gasteiger partial charge < -0.3 is 4.74 Å². The van der Waals surface area contributed by atoms with E-state index in [9.17, 15) is 4.79 Å². The van der Waals surface area contributed by atoms with Crippen LogP contribution < -0.4 is 4.74 Å². The number of ketones is 1. The minimum absolute atomic E-state index is 0.0145. The van der Waals surface area contributed by atoms with Crippen molar-refractivity contribution in [1.82, 2.24) is 0 Å². The Labute approximate surface area is 126 Å². The number of hydrogen-bond donors (Lipinski definition) is 0. The van der Waals surface area contributed by atoms with Gasteiger partial charge >= 0.3 is 0 Å². The van der Waals surface area contributed by atoms with Crippen LogP contribution in [0.4, 0.5) is 0 Å². The van der Waals surface area contributed by atoms with Gasteiger partial charge in [0.05, 0.1) is 0 Å². The Bertz CT molecular complexity index is 642. The largest absolute Gasteiger partial charge is 0.485 e. The van der Waals surface area contributed by atoms with Crippen molar-refractivity contribution >= 4 is 5.78 Å². The maximum absolute atomic E-state index is 12.2. The average molecular weight is 282 g/mol. The number of ether oxygens (including phenoxy) is 1. The lowest BCUT2D eigenvalue weighted by molar-refractivity contribution is 0.0921. The maximum atomic E-state index is 12.2. The molecule has 0 aromatic heterocycles. The van der Waals surface area contributed by atoms with Crippen molar-refractivity contribution in [3.05, 3.63) is 64.7 Å². The molecule has 2 aromatic rings. The fourth-order valence-electron chi connectivity index (χ4n) is 2.31. The van der Waals surface area contributed by atoms with Gasteiger partial charge in [0.15, 0.2) is 12.4 Å². The van der Waals surface area contributed by atoms with Crippen LogP contribution in [-0.2, 0) is 0 Å². The minimum Gasteiger partial charge on any atom is -0.485 e. The van der Waals surface area contributed by atoms with E-state index in [0.717, 1.165) is 22.4 Å². The number of aryl methyl sites for hydroxylation is 2. The van der Waals surface area contributed by atoms with E-state index in [1.54, 1.807) is 0 Å². The third-order valence-electron chi connectivity index (χ3n) is 3.56. The monoisotopic (exact) mass is 282 g/mol. The van der Waals surface area contributed by atoms with Crippen LogP contribution in [0, 0.1) is 13.8 Å². The van der Waals surface area contributed by atoms with Crippen LogP contribution in [0.1, 0.15) is 46.8 Å². The van der Waals surface area contributed by atoms with Gasteiger partial charge in [-0.05, 0) is 48.6 Å². The van der Waals surface area contributed by atoms with Gasteiger partial charge in [0.2, 0.25) is 0 Å². The fourth-order valence-corrected chi connectivity index (χ4v) is 2.31. The molecule has 0 radical (unpaired) electrons. The zero-order chi connectivity index (χ0) is 15.4. The van der Waals surface area contributed by atoms with Gasteiger partial charge in [-0.15, -0.1) is 0 Å². The molecule has 0 spiro atoms. The highest BCUT2D eigenvalue weighted by molar-refractivity contribution is 5.98. The van der Waals surface area contributed by atoms with E-state index >= 15 is 0 Å². The van der Waals surface area contributed by atoms with Crippen LogP contribution in [-0.4, -0.2) is 12.4 Å². The Morgan fingerprint density at radius 2 is 1.81 bits per heavy atom. The highest BCUT2D eigenvalue weighted by atomic mass is 16.5. The highest BCUT2D eigenvalue weighted by Crippen LogP contribution is 2.23. The van der Waals surface area contributed by atoms with Crippen molar-refractivity contribution in [2.45, 2.75) is 33.6 Å². The third-order valence-corrected chi connectivity index (χ3v) is 3.56. The fraction of sp³-hybridized carbons (Fsp3) is 0.316. The van der Waals surface area contributed by atoms with Crippen molar-refractivity contribution in [3.8, 4) is 5.75 Å². The molecule has 0 unspecified atom stereocenters. The van der Waals surface area contributed by atoms with E-state index in [0.29, 0.717) is 5.92 Å². The first kappa shape index (κ1) is 15.3. The molecule has 0 amide bonds. The smallest absolute Gasteiger partial charge is 0.200 e. The van der Waals surface area contributed by atoms with Crippen LogP contribution in [0.5, 0.6) is 5.75 Å². The number of benzene rings is 2. The molecule has 110 valence electrons. The Balaban J connectivity index is 2.10. The topological polar surface area (TPSA) is 26.3 Å². The van der Waals surface area contributed by atoms with Gasteiger partial charge in [-0.2, -0.15) is 0 Å². The molecule has 21 heavy (non-hydrogen) atoms. The molecular formula is C19H22O2. The van der Waals surface area contributed by atoms with Crippen LogP contribution >= 0.6 is 0 Å². The molecule has 0 fully saturated rings. The summed E-state index contributed by atoms with van der Waals surface area (Å²) in [5, 5.41) is 0. The summed E-state index contributed by atoms with van der Waals surface area (Å²) in [6.45, 7) is 8.36. The summed E-state index contributed by atoms with van der Waals surface area (Å²) < 4.78 is 5.70. The lowest BCUT2D eigenvalue weighted by atomic mass is 10.0. The quantitative estimate of drug-likeness (QED) is 0.744. The Kier molecular flexibility index (Phi) is 4.79. The van der Waals surface area contributed by atoms with Crippen LogP contribution in [0.2, 0.25) is 0 Å². The first-order valence-corrected chi connectivity index (χ1v) is 7.30. The van der Waals surface area contributed by atoms with E-state index in [4.69, 9.17) is 4.74 Å². The van der Waals surface area contributed by atoms with Crippen molar-refractivity contribution in [2.24, 2.45) is 0 Å². The zero-order valence-electron chi connectivity index (χ0n) is 13.1.